The van der Waals surface area contributed by atoms with Crippen LogP contribution in [0.4, 0.5) is 5.69 Å². The van der Waals surface area contributed by atoms with Gasteiger partial charge in [0.1, 0.15) is 28.5 Å². The van der Waals surface area contributed by atoms with Gasteiger partial charge in [-0.15, -0.1) is 0 Å². The molecule has 0 amide bonds. The number of aromatic nitrogens is 1. The van der Waals surface area contributed by atoms with E-state index in [1.165, 1.54) is 25.3 Å². The van der Waals surface area contributed by atoms with Crippen molar-refractivity contribution in [2.75, 3.05) is 7.11 Å². The zero-order chi connectivity index (χ0) is 17.3. The van der Waals surface area contributed by atoms with E-state index in [4.69, 9.17) is 14.6 Å². The number of benzene rings is 2. The van der Waals surface area contributed by atoms with E-state index in [1.807, 2.05) is 0 Å². The van der Waals surface area contributed by atoms with Crippen LogP contribution in [-0.4, -0.2) is 28.1 Å². The summed E-state index contributed by atoms with van der Waals surface area (Å²) in [7, 11) is 1.52. The molecule has 122 valence electrons. The standard InChI is InChI=1S/C16H12N2O6/c1-23-9-3-2-4-10(7-9)24-14-6-5-13(18(21)22)15-11(14)8-12(17-15)16(19)20/h2-8,17H,1H3,(H,19,20). The highest BCUT2D eigenvalue weighted by molar-refractivity contribution is 6.00. The molecule has 3 aromatic rings. The van der Waals surface area contributed by atoms with Crippen molar-refractivity contribution in [3.63, 3.8) is 0 Å². The van der Waals surface area contributed by atoms with Crippen LogP contribution in [0.3, 0.4) is 0 Å². The van der Waals surface area contributed by atoms with Crippen LogP contribution in [0.25, 0.3) is 10.9 Å². The Morgan fingerprint density at radius 1 is 1.21 bits per heavy atom. The number of aromatic carboxylic acids is 1. The van der Waals surface area contributed by atoms with Crippen LogP contribution in [0.15, 0.2) is 42.5 Å². The number of fused-ring (bicyclic) bond motifs is 1. The lowest BCUT2D eigenvalue weighted by atomic mass is 10.2. The first-order valence-electron chi connectivity index (χ1n) is 6.85. The summed E-state index contributed by atoms with van der Waals surface area (Å²) in [6.45, 7) is 0. The number of non-ortho nitro benzene ring substituents is 1. The van der Waals surface area contributed by atoms with E-state index in [-0.39, 0.29) is 16.9 Å². The number of hydrogen-bond acceptors (Lipinski definition) is 5. The van der Waals surface area contributed by atoms with E-state index in [0.29, 0.717) is 22.6 Å². The largest absolute Gasteiger partial charge is 0.497 e. The van der Waals surface area contributed by atoms with E-state index in [2.05, 4.69) is 4.98 Å². The second-order valence-corrected chi connectivity index (χ2v) is 4.90. The third kappa shape index (κ3) is 2.72. The molecule has 0 aliphatic rings. The molecule has 0 unspecified atom stereocenters. The maximum atomic E-state index is 11.1. The number of hydrogen-bond donors (Lipinski definition) is 2. The second-order valence-electron chi connectivity index (χ2n) is 4.90. The molecule has 0 saturated heterocycles. The number of nitrogens with one attached hydrogen (secondary N) is 1. The van der Waals surface area contributed by atoms with Gasteiger partial charge < -0.3 is 19.6 Å². The molecule has 1 heterocycles. The molecule has 0 bridgehead atoms. The predicted molar refractivity (Wildman–Crippen MR) is 85.0 cm³/mol. The Labute approximate surface area is 135 Å². The Kier molecular flexibility index (Phi) is 3.78. The monoisotopic (exact) mass is 328 g/mol. The Morgan fingerprint density at radius 2 is 1.96 bits per heavy atom. The van der Waals surface area contributed by atoms with Gasteiger partial charge in [-0.25, -0.2) is 4.79 Å². The maximum absolute atomic E-state index is 11.1. The number of rotatable bonds is 5. The summed E-state index contributed by atoms with van der Waals surface area (Å²) >= 11 is 0. The van der Waals surface area contributed by atoms with Gasteiger partial charge in [-0.05, 0) is 24.3 Å². The van der Waals surface area contributed by atoms with Crippen LogP contribution in [0.2, 0.25) is 0 Å². The zero-order valence-corrected chi connectivity index (χ0v) is 12.5. The number of methoxy groups -OCH3 is 1. The fraction of sp³-hybridized carbons (Fsp3) is 0.0625. The van der Waals surface area contributed by atoms with Crippen molar-refractivity contribution < 1.29 is 24.3 Å². The summed E-state index contributed by atoms with van der Waals surface area (Å²) in [6.07, 6.45) is 0. The van der Waals surface area contributed by atoms with Crippen molar-refractivity contribution in [2.24, 2.45) is 0 Å². The molecule has 0 saturated carbocycles. The number of H-pyrrole nitrogens is 1. The molecule has 24 heavy (non-hydrogen) atoms. The lowest BCUT2D eigenvalue weighted by molar-refractivity contribution is -0.383. The number of aromatic amines is 1. The van der Waals surface area contributed by atoms with Gasteiger partial charge in [0.15, 0.2) is 0 Å². The van der Waals surface area contributed by atoms with Gasteiger partial charge in [0, 0.05) is 12.1 Å². The summed E-state index contributed by atoms with van der Waals surface area (Å²) in [5.41, 5.74) is -0.289. The topological polar surface area (TPSA) is 115 Å². The van der Waals surface area contributed by atoms with Gasteiger partial charge in [-0.3, -0.25) is 10.1 Å². The normalized spacial score (nSPS) is 10.5. The summed E-state index contributed by atoms with van der Waals surface area (Å²) in [4.78, 5) is 24.2. The Morgan fingerprint density at radius 3 is 2.62 bits per heavy atom. The molecule has 2 aromatic carbocycles. The van der Waals surface area contributed by atoms with Crippen molar-refractivity contribution in [1.29, 1.82) is 0 Å². The molecular weight excluding hydrogens is 316 g/mol. The van der Waals surface area contributed by atoms with Gasteiger partial charge in [0.05, 0.1) is 17.4 Å². The first-order chi connectivity index (χ1) is 11.5. The summed E-state index contributed by atoms with van der Waals surface area (Å²) in [5, 5.41) is 20.5. The highest BCUT2D eigenvalue weighted by Gasteiger charge is 2.20. The van der Waals surface area contributed by atoms with Crippen molar-refractivity contribution >= 4 is 22.6 Å². The number of ether oxygens (including phenoxy) is 2. The van der Waals surface area contributed by atoms with Crippen LogP contribution in [0, 0.1) is 10.1 Å². The Hall–Kier alpha value is -3.55. The average Bonchev–Trinajstić information content (AvgIpc) is 3.01. The van der Waals surface area contributed by atoms with Gasteiger partial charge in [0.2, 0.25) is 0 Å². The first kappa shape index (κ1) is 15.3. The predicted octanol–water partition coefficient (Wildman–Crippen LogP) is 3.58. The minimum absolute atomic E-state index is 0.0952. The van der Waals surface area contributed by atoms with Crippen LogP contribution < -0.4 is 9.47 Å². The Bertz CT molecular complexity index is 947. The third-order valence-electron chi connectivity index (χ3n) is 3.43. The molecule has 0 fully saturated rings. The minimum atomic E-state index is -1.21. The summed E-state index contributed by atoms with van der Waals surface area (Å²) < 4.78 is 10.9. The number of carboxylic acids is 1. The number of nitro benzene ring substituents is 1. The summed E-state index contributed by atoms with van der Waals surface area (Å²) in [6, 6.07) is 10.8. The zero-order valence-electron chi connectivity index (χ0n) is 12.5. The molecule has 0 spiro atoms. The lowest BCUT2D eigenvalue weighted by Gasteiger charge is -2.08. The van der Waals surface area contributed by atoms with E-state index < -0.39 is 10.9 Å². The number of carboxylic acid groups (broad SMARTS) is 1. The van der Waals surface area contributed by atoms with Gasteiger partial charge in [-0.1, -0.05) is 6.07 Å². The van der Waals surface area contributed by atoms with Gasteiger partial charge in [0.25, 0.3) is 5.69 Å². The molecule has 0 atom stereocenters. The quantitative estimate of drug-likeness (QED) is 0.546. The molecule has 0 aliphatic carbocycles. The SMILES string of the molecule is COc1cccc(Oc2ccc([N+](=O)[O-])c3[nH]c(C(=O)O)cc23)c1. The van der Waals surface area contributed by atoms with Crippen molar-refractivity contribution in [3.8, 4) is 17.2 Å². The van der Waals surface area contributed by atoms with E-state index in [0.717, 1.165) is 0 Å². The molecular formula is C16H12N2O6. The molecule has 0 aliphatic heterocycles. The third-order valence-corrected chi connectivity index (χ3v) is 3.43. The molecule has 1 aromatic heterocycles. The smallest absolute Gasteiger partial charge is 0.352 e. The first-order valence-corrected chi connectivity index (χ1v) is 6.85. The van der Waals surface area contributed by atoms with E-state index >= 15 is 0 Å². The van der Waals surface area contributed by atoms with Crippen LogP contribution in [-0.2, 0) is 0 Å². The average molecular weight is 328 g/mol. The molecule has 3 rings (SSSR count). The molecule has 2 N–H and O–H groups in total. The number of carbonyl (C=O) groups is 1. The Balaban J connectivity index is 2.12. The highest BCUT2D eigenvalue weighted by atomic mass is 16.6. The number of nitro groups is 1. The maximum Gasteiger partial charge on any atom is 0.352 e. The fourth-order valence-corrected chi connectivity index (χ4v) is 2.33. The molecule has 8 heteroatoms. The molecule has 0 radical (unpaired) electrons. The van der Waals surface area contributed by atoms with Crippen molar-refractivity contribution in [1.82, 2.24) is 4.98 Å². The van der Waals surface area contributed by atoms with Crippen LogP contribution in [0.5, 0.6) is 17.2 Å². The van der Waals surface area contributed by atoms with Gasteiger partial charge >= 0.3 is 5.97 Å². The van der Waals surface area contributed by atoms with E-state index in [9.17, 15) is 14.9 Å². The number of nitrogens with zero attached hydrogens (tertiary/aromatic N) is 1. The van der Waals surface area contributed by atoms with E-state index in [1.54, 1.807) is 24.3 Å². The van der Waals surface area contributed by atoms with Crippen LogP contribution in [0.1, 0.15) is 10.5 Å². The molecule has 8 nitrogen and oxygen atoms in total. The second kappa shape index (κ2) is 5.92. The minimum Gasteiger partial charge on any atom is -0.497 e. The van der Waals surface area contributed by atoms with Crippen LogP contribution >= 0.6 is 0 Å². The van der Waals surface area contributed by atoms with Crippen molar-refractivity contribution in [3.05, 3.63) is 58.3 Å². The highest BCUT2D eigenvalue weighted by Crippen LogP contribution is 2.36. The fourth-order valence-electron chi connectivity index (χ4n) is 2.33. The van der Waals surface area contributed by atoms with Crippen molar-refractivity contribution in [2.45, 2.75) is 0 Å². The summed E-state index contributed by atoms with van der Waals surface area (Å²) in [5.74, 6) is 0.133. The lowest BCUT2D eigenvalue weighted by Crippen LogP contribution is -1.95. The van der Waals surface area contributed by atoms with Gasteiger partial charge in [-0.2, -0.15) is 0 Å².